The van der Waals surface area contributed by atoms with Crippen LogP contribution in [0.4, 0.5) is 0 Å². The average molecular weight is 425 g/mol. The van der Waals surface area contributed by atoms with Gasteiger partial charge in [0.1, 0.15) is 5.58 Å². The van der Waals surface area contributed by atoms with Crippen LogP contribution in [0.25, 0.3) is 11.0 Å². The van der Waals surface area contributed by atoms with Crippen LogP contribution in [0.1, 0.15) is 29.0 Å². The number of carbonyl (C=O) groups is 1. The highest BCUT2D eigenvalue weighted by molar-refractivity contribution is 9.10. The molecular formula is C22H21BrN2O2. The Morgan fingerprint density at radius 3 is 2.81 bits per heavy atom. The van der Waals surface area contributed by atoms with Crippen LogP contribution < -0.4 is 5.32 Å². The van der Waals surface area contributed by atoms with Crippen LogP contribution in [-0.4, -0.2) is 29.4 Å². The summed E-state index contributed by atoms with van der Waals surface area (Å²) in [4.78, 5) is 15.2. The van der Waals surface area contributed by atoms with Crippen molar-refractivity contribution < 1.29 is 9.21 Å². The topological polar surface area (TPSA) is 45.5 Å². The van der Waals surface area contributed by atoms with Crippen LogP contribution in [0.3, 0.4) is 0 Å². The Hall–Kier alpha value is -2.11. The lowest BCUT2D eigenvalue weighted by Gasteiger charge is -2.42. The number of furan rings is 1. The van der Waals surface area contributed by atoms with E-state index in [1.807, 2.05) is 24.3 Å². The second-order valence-electron chi connectivity index (χ2n) is 7.84. The van der Waals surface area contributed by atoms with E-state index in [0.29, 0.717) is 12.3 Å². The summed E-state index contributed by atoms with van der Waals surface area (Å²) in [6, 6.07) is 18.1. The van der Waals surface area contributed by atoms with Gasteiger partial charge in [0.05, 0.1) is 0 Å². The van der Waals surface area contributed by atoms with Gasteiger partial charge in [0.2, 0.25) is 0 Å². The second kappa shape index (κ2) is 6.50. The van der Waals surface area contributed by atoms with E-state index in [2.05, 4.69) is 56.5 Å². The van der Waals surface area contributed by atoms with Gasteiger partial charge in [-0.05, 0) is 48.6 Å². The van der Waals surface area contributed by atoms with Gasteiger partial charge in [-0.25, -0.2) is 0 Å². The van der Waals surface area contributed by atoms with Gasteiger partial charge >= 0.3 is 0 Å². The Labute approximate surface area is 166 Å². The molecule has 0 spiro atoms. The van der Waals surface area contributed by atoms with Gasteiger partial charge < -0.3 is 9.73 Å². The molecular weight excluding hydrogens is 404 g/mol. The molecule has 2 saturated heterocycles. The molecule has 0 atom stereocenters. The predicted octanol–water partition coefficient (Wildman–Crippen LogP) is 4.59. The molecule has 1 N–H and O–H groups in total. The SMILES string of the molecule is O=C(NCC12CC(CN1Cc1ccccc1)C2)c1cc2cc(Br)ccc2o1. The summed E-state index contributed by atoms with van der Waals surface area (Å²) in [6.07, 6.45) is 2.35. The maximum absolute atomic E-state index is 12.6. The number of amides is 1. The maximum atomic E-state index is 12.6. The Balaban J connectivity index is 1.27. The normalized spacial score (nSPS) is 24.1. The molecule has 3 aliphatic rings. The van der Waals surface area contributed by atoms with Crippen LogP contribution in [-0.2, 0) is 6.54 Å². The van der Waals surface area contributed by atoms with E-state index in [-0.39, 0.29) is 11.4 Å². The van der Waals surface area contributed by atoms with Crippen molar-refractivity contribution in [3.05, 3.63) is 70.4 Å². The number of halogens is 1. The predicted molar refractivity (Wildman–Crippen MR) is 109 cm³/mol. The molecule has 3 aromatic rings. The molecule has 138 valence electrons. The number of benzene rings is 2. The van der Waals surface area contributed by atoms with Crippen LogP contribution >= 0.6 is 15.9 Å². The highest BCUT2D eigenvalue weighted by atomic mass is 79.9. The Bertz CT molecular complexity index is 992. The summed E-state index contributed by atoms with van der Waals surface area (Å²) in [7, 11) is 0. The molecule has 6 rings (SSSR count). The van der Waals surface area contributed by atoms with Crippen LogP contribution in [0.2, 0.25) is 0 Å². The quantitative estimate of drug-likeness (QED) is 0.651. The third-order valence-corrected chi connectivity index (χ3v) is 6.48. The highest BCUT2D eigenvalue weighted by Gasteiger charge is 2.55. The van der Waals surface area contributed by atoms with E-state index < -0.39 is 0 Å². The average Bonchev–Trinajstić information content (AvgIpc) is 3.30. The molecule has 3 fully saturated rings. The first-order valence-electron chi connectivity index (χ1n) is 9.38. The minimum absolute atomic E-state index is 0.102. The first-order chi connectivity index (χ1) is 13.1. The lowest BCUT2D eigenvalue weighted by molar-refractivity contribution is 0.0780. The first kappa shape index (κ1) is 17.0. The van der Waals surface area contributed by atoms with Gasteiger partial charge in [0.15, 0.2) is 5.76 Å². The third-order valence-electron chi connectivity index (χ3n) is 5.98. The van der Waals surface area contributed by atoms with Crippen molar-refractivity contribution in [2.45, 2.75) is 24.9 Å². The van der Waals surface area contributed by atoms with Crippen molar-refractivity contribution in [2.24, 2.45) is 5.92 Å². The molecule has 2 bridgehead atoms. The number of nitrogens with one attached hydrogen (secondary N) is 1. The fraction of sp³-hybridized carbons (Fsp3) is 0.318. The molecule has 0 unspecified atom stereocenters. The summed E-state index contributed by atoms with van der Waals surface area (Å²) in [5.41, 5.74) is 2.17. The number of rotatable bonds is 5. The standard InChI is InChI=1S/C22H21BrN2O2/c23-18-6-7-19-17(8-18)9-20(27-19)21(26)24-14-22-10-16(11-22)13-25(22)12-15-4-2-1-3-5-15/h1-9,16H,10-14H2,(H,24,26). The summed E-state index contributed by atoms with van der Waals surface area (Å²) in [5.74, 6) is 1.02. The van der Waals surface area contributed by atoms with Gasteiger partial charge in [-0.15, -0.1) is 0 Å². The zero-order valence-corrected chi connectivity index (χ0v) is 16.5. The number of fused-ring (bicyclic) bond motifs is 2. The van der Waals surface area contributed by atoms with Gasteiger partial charge in [-0.2, -0.15) is 0 Å². The van der Waals surface area contributed by atoms with E-state index in [4.69, 9.17) is 4.42 Å². The van der Waals surface area contributed by atoms with Crippen molar-refractivity contribution >= 4 is 32.8 Å². The van der Waals surface area contributed by atoms with Crippen molar-refractivity contribution in [1.82, 2.24) is 10.2 Å². The molecule has 3 heterocycles. The fourth-order valence-corrected chi connectivity index (χ4v) is 5.04. The van der Waals surface area contributed by atoms with E-state index >= 15 is 0 Å². The van der Waals surface area contributed by atoms with E-state index in [9.17, 15) is 4.79 Å². The van der Waals surface area contributed by atoms with Crippen molar-refractivity contribution in [1.29, 1.82) is 0 Å². The fourth-order valence-electron chi connectivity index (χ4n) is 4.66. The zero-order chi connectivity index (χ0) is 18.4. The van der Waals surface area contributed by atoms with E-state index in [1.165, 1.54) is 18.4 Å². The maximum Gasteiger partial charge on any atom is 0.287 e. The second-order valence-corrected chi connectivity index (χ2v) is 8.76. The molecule has 2 aromatic carbocycles. The molecule has 1 aromatic heterocycles. The molecule has 2 aliphatic heterocycles. The Morgan fingerprint density at radius 2 is 2.00 bits per heavy atom. The molecule has 0 radical (unpaired) electrons. The Morgan fingerprint density at radius 1 is 1.19 bits per heavy atom. The summed E-state index contributed by atoms with van der Waals surface area (Å²) in [5, 5.41) is 4.06. The van der Waals surface area contributed by atoms with Gasteiger partial charge in [-0.1, -0.05) is 46.3 Å². The molecule has 5 heteroatoms. The van der Waals surface area contributed by atoms with Crippen LogP contribution in [0.5, 0.6) is 0 Å². The van der Waals surface area contributed by atoms with Crippen molar-refractivity contribution in [3.63, 3.8) is 0 Å². The minimum Gasteiger partial charge on any atom is -0.451 e. The summed E-state index contributed by atoms with van der Waals surface area (Å²) < 4.78 is 6.70. The molecule has 4 nitrogen and oxygen atoms in total. The van der Waals surface area contributed by atoms with Crippen molar-refractivity contribution in [2.75, 3.05) is 13.1 Å². The smallest absolute Gasteiger partial charge is 0.287 e. The van der Waals surface area contributed by atoms with Gasteiger partial charge in [-0.3, -0.25) is 9.69 Å². The van der Waals surface area contributed by atoms with E-state index in [1.54, 1.807) is 0 Å². The lowest BCUT2D eigenvalue weighted by Crippen LogP contribution is -2.53. The van der Waals surface area contributed by atoms with E-state index in [0.717, 1.165) is 34.4 Å². The zero-order valence-electron chi connectivity index (χ0n) is 15.0. The number of hydrogen-bond donors (Lipinski definition) is 1. The van der Waals surface area contributed by atoms with Crippen LogP contribution in [0, 0.1) is 5.92 Å². The largest absolute Gasteiger partial charge is 0.451 e. The van der Waals surface area contributed by atoms with Crippen molar-refractivity contribution in [3.8, 4) is 0 Å². The molecule has 1 aliphatic carbocycles. The van der Waals surface area contributed by atoms with Gasteiger partial charge in [0.25, 0.3) is 5.91 Å². The number of carbonyl (C=O) groups excluding carboxylic acids is 1. The molecule has 27 heavy (non-hydrogen) atoms. The minimum atomic E-state index is -0.133. The summed E-state index contributed by atoms with van der Waals surface area (Å²) in [6.45, 7) is 2.76. The van der Waals surface area contributed by atoms with Gasteiger partial charge in [0, 0.05) is 35.0 Å². The monoisotopic (exact) mass is 424 g/mol. The lowest BCUT2D eigenvalue weighted by atomic mass is 9.73. The highest BCUT2D eigenvalue weighted by Crippen LogP contribution is 2.50. The Kier molecular flexibility index (Phi) is 4.10. The number of hydrogen-bond acceptors (Lipinski definition) is 3. The summed E-state index contributed by atoms with van der Waals surface area (Å²) >= 11 is 3.45. The third kappa shape index (κ3) is 3.09. The van der Waals surface area contributed by atoms with Crippen LogP contribution in [0.15, 0.2) is 63.5 Å². The number of nitrogens with zero attached hydrogens (tertiary/aromatic N) is 1. The molecule has 1 amide bonds. The first-order valence-corrected chi connectivity index (χ1v) is 10.2. The molecule has 1 saturated carbocycles.